The molecule has 1 saturated heterocycles. The third kappa shape index (κ3) is 1.10. The van der Waals surface area contributed by atoms with Gasteiger partial charge in [0.1, 0.15) is 0 Å². The Morgan fingerprint density at radius 2 is 1.83 bits per heavy atom. The molecule has 1 heterocycles. The fourth-order valence-corrected chi connectivity index (χ4v) is 1.36. The van der Waals surface area contributed by atoms with Crippen molar-refractivity contribution in [2.24, 2.45) is 5.41 Å². The molecule has 1 unspecified atom stereocenters. The molecule has 0 radical (unpaired) electrons. The van der Waals surface area contributed by atoms with Crippen LogP contribution in [-0.2, 0) is 9.47 Å². The van der Waals surface area contributed by atoms with E-state index < -0.39 is 0 Å². The van der Waals surface area contributed by atoms with Gasteiger partial charge in [-0.1, -0.05) is 20.4 Å². The number of rotatable bonds is 1. The molecule has 0 aromatic rings. The highest BCUT2D eigenvalue weighted by molar-refractivity contribution is 5.21. The lowest BCUT2D eigenvalue weighted by Gasteiger charge is -2.32. The minimum atomic E-state index is -0.241. The van der Waals surface area contributed by atoms with E-state index in [0.29, 0.717) is 0 Å². The summed E-state index contributed by atoms with van der Waals surface area (Å²) >= 11 is 0. The summed E-state index contributed by atoms with van der Waals surface area (Å²) in [5.41, 5.74) is 0.813. The number of methoxy groups -OCH3 is 1. The highest BCUT2D eigenvalue weighted by Gasteiger charge is 2.50. The molecule has 12 heavy (non-hydrogen) atoms. The second-order valence-electron chi connectivity index (χ2n) is 4.35. The summed E-state index contributed by atoms with van der Waals surface area (Å²) in [6.07, 6.45) is -0.241. The van der Waals surface area contributed by atoms with Crippen LogP contribution in [0.4, 0.5) is 0 Å². The molecule has 0 aliphatic carbocycles. The summed E-state index contributed by atoms with van der Waals surface area (Å²) in [4.78, 5) is 0. The number of hydrogen-bond donors (Lipinski definition) is 0. The first kappa shape index (κ1) is 9.75. The van der Waals surface area contributed by atoms with E-state index in [1.807, 2.05) is 0 Å². The Kier molecular flexibility index (Phi) is 2.09. The summed E-state index contributed by atoms with van der Waals surface area (Å²) in [6.45, 7) is 12.4. The van der Waals surface area contributed by atoms with Crippen molar-refractivity contribution in [3.63, 3.8) is 0 Å². The van der Waals surface area contributed by atoms with Crippen LogP contribution < -0.4 is 0 Å². The molecule has 2 heteroatoms. The zero-order valence-electron chi connectivity index (χ0n) is 8.60. The molecule has 0 amide bonds. The van der Waals surface area contributed by atoms with E-state index in [9.17, 15) is 0 Å². The van der Waals surface area contributed by atoms with Gasteiger partial charge in [0.25, 0.3) is 0 Å². The van der Waals surface area contributed by atoms with Gasteiger partial charge in [-0.15, -0.1) is 0 Å². The molecule has 0 bridgehead atoms. The minimum absolute atomic E-state index is 0.0202. The molecule has 1 aliphatic heterocycles. The van der Waals surface area contributed by atoms with Gasteiger partial charge in [-0.3, -0.25) is 0 Å². The lowest BCUT2D eigenvalue weighted by molar-refractivity contribution is -0.144. The highest BCUT2D eigenvalue weighted by Crippen LogP contribution is 2.48. The second-order valence-corrected chi connectivity index (χ2v) is 4.35. The maximum absolute atomic E-state index is 5.70. The van der Waals surface area contributed by atoms with Gasteiger partial charge in [-0.25, -0.2) is 0 Å². The first-order valence-electron chi connectivity index (χ1n) is 4.23. The topological polar surface area (TPSA) is 18.5 Å². The maximum Gasteiger partial charge on any atom is 0.180 e. The first-order chi connectivity index (χ1) is 5.33. The van der Waals surface area contributed by atoms with E-state index in [1.165, 1.54) is 0 Å². The SMILES string of the molecule is C=C1C(OC)OC(C)(C)C1(C)C. The van der Waals surface area contributed by atoms with Crippen molar-refractivity contribution in [1.29, 1.82) is 0 Å². The molecule has 1 rings (SSSR count). The zero-order valence-corrected chi connectivity index (χ0v) is 8.60. The molecule has 70 valence electrons. The van der Waals surface area contributed by atoms with Gasteiger partial charge in [0.2, 0.25) is 0 Å². The summed E-state index contributed by atoms with van der Waals surface area (Å²) in [5, 5.41) is 0. The van der Waals surface area contributed by atoms with E-state index >= 15 is 0 Å². The molecule has 0 N–H and O–H groups in total. The van der Waals surface area contributed by atoms with Crippen molar-refractivity contribution in [3.8, 4) is 0 Å². The van der Waals surface area contributed by atoms with Crippen molar-refractivity contribution < 1.29 is 9.47 Å². The fourth-order valence-electron chi connectivity index (χ4n) is 1.36. The summed E-state index contributed by atoms with van der Waals surface area (Å²) in [7, 11) is 1.65. The van der Waals surface area contributed by atoms with Crippen LogP contribution >= 0.6 is 0 Å². The lowest BCUT2D eigenvalue weighted by atomic mass is 9.74. The summed E-state index contributed by atoms with van der Waals surface area (Å²) in [6, 6.07) is 0. The molecule has 0 spiro atoms. The van der Waals surface area contributed by atoms with Gasteiger partial charge in [-0.05, 0) is 19.4 Å². The van der Waals surface area contributed by atoms with Gasteiger partial charge < -0.3 is 9.47 Å². The molecular formula is C10H18O2. The molecule has 0 aromatic carbocycles. The van der Waals surface area contributed by atoms with Crippen molar-refractivity contribution in [2.45, 2.75) is 39.6 Å². The van der Waals surface area contributed by atoms with Crippen LogP contribution in [0.5, 0.6) is 0 Å². The highest BCUT2D eigenvalue weighted by atomic mass is 16.7. The van der Waals surface area contributed by atoms with Crippen LogP contribution in [0, 0.1) is 5.41 Å². The number of hydrogen-bond acceptors (Lipinski definition) is 2. The Hall–Kier alpha value is -0.340. The van der Waals surface area contributed by atoms with Gasteiger partial charge >= 0.3 is 0 Å². The molecule has 1 atom stereocenters. The smallest absolute Gasteiger partial charge is 0.180 e. The van der Waals surface area contributed by atoms with Crippen LogP contribution in [0.3, 0.4) is 0 Å². The molecule has 1 aliphatic rings. The molecule has 2 nitrogen and oxygen atoms in total. The normalized spacial score (nSPS) is 32.4. The fraction of sp³-hybridized carbons (Fsp3) is 0.800. The summed E-state index contributed by atoms with van der Waals surface area (Å²) in [5.74, 6) is 0. The van der Waals surface area contributed by atoms with Gasteiger partial charge in [0.15, 0.2) is 6.29 Å². The molecule has 0 saturated carbocycles. The molecule has 0 aromatic heterocycles. The predicted molar refractivity (Wildman–Crippen MR) is 48.9 cm³/mol. The standard InChI is InChI=1S/C10H18O2/c1-7-8(11-6)12-10(4,5)9(7,2)3/h8H,1H2,2-6H3. The lowest BCUT2D eigenvalue weighted by Crippen LogP contribution is -2.35. The van der Waals surface area contributed by atoms with E-state index in [4.69, 9.17) is 9.47 Å². The average molecular weight is 170 g/mol. The van der Waals surface area contributed by atoms with Crippen molar-refractivity contribution in [2.75, 3.05) is 7.11 Å². The Morgan fingerprint density at radius 3 is 2.00 bits per heavy atom. The Morgan fingerprint density at radius 1 is 1.33 bits per heavy atom. The van der Waals surface area contributed by atoms with Crippen LogP contribution in [-0.4, -0.2) is 19.0 Å². The van der Waals surface area contributed by atoms with E-state index in [2.05, 4.69) is 34.3 Å². The van der Waals surface area contributed by atoms with E-state index in [0.717, 1.165) is 5.57 Å². The third-order valence-electron chi connectivity index (χ3n) is 3.21. The van der Waals surface area contributed by atoms with E-state index in [-0.39, 0.29) is 17.3 Å². The number of ether oxygens (including phenoxy) is 2. The van der Waals surface area contributed by atoms with E-state index in [1.54, 1.807) is 7.11 Å². The van der Waals surface area contributed by atoms with Gasteiger partial charge in [0, 0.05) is 12.5 Å². The van der Waals surface area contributed by atoms with Crippen molar-refractivity contribution in [3.05, 3.63) is 12.2 Å². The predicted octanol–water partition coefficient (Wildman–Crippen LogP) is 2.35. The third-order valence-corrected chi connectivity index (χ3v) is 3.21. The van der Waals surface area contributed by atoms with Crippen LogP contribution in [0.15, 0.2) is 12.2 Å². The van der Waals surface area contributed by atoms with Crippen LogP contribution in [0.25, 0.3) is 0 Å². The van der Waals surface area contributed by atoms with Gasteiger partial charge in [0.05, 0.1) is 5.60 Å². The van der Waals surface area contributed by atoms with Gasteiger partial charge in [-0.2, -0.15) is 0 Å². The Labute approximate surface area is 74.6 Å². The Bertz CT molecular complexity index is 204. The monoisotopic (exact) mass is 170 g/mol. The quantitative estimate of drug-likeness (QED) is 0.562. The first-order valence-corrected chi connectivity index (χ1v) is 4.23. The Balaban J connectivity index is 2.96. The second kappa shape index (κ2) is 2.57. The maximum atomic E-state index is 5.70. The summed E-state index contributed by atoms with van der Waals surface area (Å²) < 4.78 is 10.9. The molecule has 1 fully saturated rings. The van der Waals surface area contributed by atoms with Crippen molar-refractivity contribution >= 4 is 0 Å². The van der Waals surface area contributed by atoms with Crippen molar-refractivity contribution in [1.82, 2.24) is 0 Å². The average Bonchev–Trinajstić information content (AvgIpc) is 2.11. The largest absolute Gasteiger partial charge is 0.352 e. The minimum Gasteiger partial charge on any atom is -0.352 e. The van der Waals surface area contributed by atoms with Crippen LogP contribution in [0.2, 0.25) is 0 Å². The molecular weight excluding hydrogens is 152 g/mol. The zero-order chi connectivity index (χ0) is 9.57. The van der Waals surface area contributed by atoms with Crippen LogP contribution in [0.1, 0.15) is 27.7 Å².